The fraction of sp³-hybridized carbons (Fsp3) is 0.125. The zero-order valence-electron chi connectivity index (χ0n) is 17.1. The molecule has 1 aliphatic heterocycles. The van der Waals surface area contributed by atoms with Crippen LogP contribution in [0.5, 0.6) is 11.5 Å². The number of imide groups is 1. The van der Waals surface area contributed by atoms with E-state index in [4.69, 9.17) is 14.6 Å². The fourth-order valence-electron chi connectivity index (χ4n) is 3.34. The summed E-state index contributed by atoms with van der Waals surface area (Å²) in [6, 6.07) is 18.6. The predicted molar refractivity (Wildman–Crippen MR) is 122 cm³/mol. The summed E-state index contributed by atoms with van der Waals surface area (Å²) in [7, 11) is 1.43. The van der Waals surface area contributed by atoms with Crippen LogP contribution < -0.4 is 9.47 Å². The van der Waals surface area contributed by atoms with E-state index in [1.54, 1.807) is 24.3 Å². The lowest BCUT2D eigenvalue weighted by Crippen LogP contribution is -2.27. The third-order valence-electron chi connectivity index (χ3n) is 4.86. The summed E-state index contributed by atoms with van der Waals surface area (Å²) in [6.45, 7) is -0.304. The number of carbonyl (C=O) groups is 3. The normalized spacial score (nSPS) is 14.9. The molecule has 0 aromatic heterocycles. The molecule has 0 spiro atoms. The zero-order valence-corrected chi connectivity index (χ0v) is 17.9. The highest BCUT2D eigenvalue weighted by molar-refractivity contribution is 8.18. The molecule has 1 fully saturated rings. The number of carboxylic acid groups (broad SMARTS) is 1. The summed E-state index contributed by atoms with van der Waals surface area (Å²) in [4.78, 5) is 37.6. The lowest BCUT2D eigenvalue weighted by Gasteiger charge is -2.13. The van der Waals surface area contributed by atoms with Crippen molar-refractivity contribution < 1.29 is 29.0 Å². The van der Waals surface area contributed by atoms with Crippen molar-refractivity contribution in [1.82, 2.24) is 4.90 Å². The first-order valence-corrected chi connectivity index (χ1v) is 10.5. The van der Waals surface area contributed by atoms with E-state index in [0.29, 0.717) is 16.2 Å². The van der Waals surface area contributed by atoms with Crippen LogP contribution in [0.25, 0.3) is 16.8 Å². The van der Waals surface area contributed by atoms with Crippen molar-refractivity contribution in [3.63, 3.8) is 0 Å². The SMILES string of the molecule is COc1cc(/C=C2\SC(=O)N(Cc3ccc4ccccc4c3)C2=O)ccc1OCC(=O)O. The van der Waals surface area contributed by atoms with Gasteiger partial charge in [0.15, 0.2) is 18.1 Å². The van der Waals surface area contributed by atoms with Gasteiger partial charge in [0.2, 0.25) is 0 Å². The van der Waals surface area contributed by atoms with Gasteiger partial charge in [0.05, 0.1) is 18.6 Å². The van der Waals surface area contributed by atoms with Crippen molar-refractivity contribution in [2.75, 3.05) is 13.7 Å². The second-order valence-electron chi connectivity index (χ2n) is 7.04. The van der Waals surface area contributed by atoms with E-state index in [-0.39, 0.29) is 23.4 Å². The van der Waals surface area contributed by atoms with E-state index in [0.717, 1.165) is 28.1 Å². The summed E-state index contributed by atoms with van der Waals surface area (Å²) in [6.07, 6.45) is 1.61. The van der Waals surface area contributed by atoms with Gasteiger partial charge in [-0.2, -0.15) is 0 Å². The predicted octanol–water partition coefficient (Wildman–Crippen LogP) is 4.55. The van der Waals surface area contributed by atoms with Gasteiger partial charge in [-0.15, -0.1) is 0 Å². The second-order valence-corrected chi connectivity index (χ2v) is 8.04. The molecular weight excluding hydrogens is 430 g/mol. The largest absolute Gasteiger partial charge is 0.493 e. The smallest absolute Gasteiger partial charge is 0.341 e. The molecule has 2 amide bonds. The number of aliphatic carboxylic acids is 1. The number of methoxy groups -OCH3 is 1. The molecule has 3 aromatic carbocycles. The van der Waals surface area contributed by atoms with Crippen molar-refractivity contribution in [1.29, 1.82) is 0 Å². The number of hydrogen-bond acceptors (Lipinski definition) is 6. The maximum atomic E-state index is 12.9. The van der Waals surface area contributed by atoms with Crippen molar-refractivity contribution in [2.45, 2.75) is 6.54 Å². The Morgan fingerprint density at radius 3 is 2.56 bits per heavy atom. The maximum Gasteiger partial charge on any atom is 0.341 e. The highest BCUT2D eigenvalue weighted by atomic mass is 32.2. The quantitative estimate of drug-likeness (QED) is 0.529. The zero-order chi connectivity index (χ0) is 22.7. The van der Waals surface area contributed by atoms with Crippen molar-refractivity contribution >= 4 is 45.7 Å². The number of thioether (sulfide) groups is 1. The summed E-state index contributed by atoms with van der Waals surface area (Å²) in [5.41, 5.74) is 1.49. The highest BCUT2D eigenvalue weighted by Gasteiger charge is 2.35. The molecule has 1 heterocycles. The van der Waals surface area contributed by atoms with Gasteiger partial charge >= 0.3 is 5.97 Å². The molecule has 1 N–H and O–H groups in total. The summed E-state index contributed by atoms with van der Waals surface area (Å²) < 4.78 is 10.4. The first-order chi connectivity index (χ1) is 15.4. The van der Waals surface area contributed by atoms with Crippen LogP contribution in [0.4, 0.5) is 4.79 Å². The van der Waals surface area contributed by atoms with Crippen LogP contribution in [0.15, 0.2) is 65.6 Å². The number of amides is 2. The number of carbonyl (C=O) groups excluding carboxylic acids is 2. The minimum absolute atomic E-state index is 0.193. The van der Waals surface area contributed by atoms with Gasteiger partial charge < -0.3 is 14.6 Å². The molecule has 162 valence electrons. The fourth-order valence-corrected chi connectivity index (χ4v) is 4.18. The molecule has 1 saturated heterocycles. The number of nitrogens with zero attached hydrogens (tertiary/aromatic N) is 1. The highest BCUT2D eigenvalue weighted by Crippen LogP contribution is 2.35. The summed E-state index contributed by atoms with van der Waals surface area (Å²) >= 11 is 0.880. The topological polar surface area (TPSA) is 93.1 Å². The monoisotopic (exact) mass is 449 g/mol. The average molecular weight is 449 g/mol. The number of carboxylic acids is 1. The number of ether oxygens (including phenoxy) is 2. The molecule has 0 unspecified atom stereocenters. The van der Waals surface area contributed by atoms with Crippen molar-refractivity contribution in [3.05, 3.63) is 76.7 Å². The lowest BCUT2D eigenvalue weighted by molar-refractivity contribution is -0.139. The molecule has 0 radical (unpaired) electrons. The van der Waals surface area contributed by atoms with E-state index < -0.39 is 12.6 Å². The molecule has 8 heteroatoms. The first kappa shape index (κ1) is 21.5. The molecule has 32 heavy (non-hydrogen) atoms. The van der Waals surface area contributed by atoms with Gasteiger partial charge in [-0.3, -0.25) is 14.5 Å². The molecule has 0 bridgehead atoms. The van der Waals surface area contributed by atoms with E-state index in [2.05, 4.69) is 0 Å². The number of fused-ring (bicyclic) bond motifs is 1. The van der Waals surface area contributed by atoms with Crippen LogP contribution in [0.1, 0.15) is 11.1 Å². The molecule has 1 aliphatic rings. The van der Waals surface area contributed by atoms with Gasteiger partial charge in [0.25, 0.3) is 11.1 Å². The minimum atomic E-state index is -1.10. The Balaban J connectivity index is 1.53. The second kappa shape index (κ2) is 9.15. The van der Waals surface area contributed by atoms with Crippen LogP contribution in [0, 0.1) is 0 Å². The maximum absolute atomic E-state index is 12.9. The molecule has 0 atom stereocenters. The minimum Gasteiger partial charge on any atom is -0.493 e. The van der Waals surface area contributed by atoms with Gasteiger partial charge in [-0.25, -0.2) is 4.79 Å². The van der Waals surface area contributed by atoms with Gasteiger partial charge in [-0.05, 0) is 57.9 Å². The van der Waals surface area contributed by atoms with Crippen LogP contribution >= 0.6 is 11.8 Å². The Kier molecular flexibility index (Phi) is 6.13. The Labute approximate surface area is 188 Å². The van der Waals surface area contributed by atoms with Crippen LogP contribution in [-0.4, -0.2) is 40.8 Å². The number of hydrogen-bond donors (Lipinski definition) is 1. The van der Waals surface area contributed by atoms with E-state index in [9.17, 15) is 14.4 Å². The third-order valence-corrected chi connectivity index (χ3v) is 5.77. The Bertz CT molecular complexity index is 1250. The summed E-state index contributed by atoms with van der Waals surface area (Å²) in [5, 5.41) is 10.6. The Morgan fingerprint density at radius 1 is 1.03 bits per heavy atom. The third kappa shape index (κ3) is 4.60. The van der Waals surface area contributed by atoms with E-state index in [1.165, 1.54) is 12.0 Å². The first-order valence-electron chi connectivity index (χ1n) is 9.70. The molecular formula is C24H19NO6S. The summed E-state index contributed by atoms with van der Waals surface area (Å²) in [5.74, 6) is -0.860. The van der Waals surface area contributed by atoms with E-state index >= 15 is 0 Å². The lowest BCUT2D eigenvalue weighted by atomic mass is 10.1. The molecule has 0 saturated carbocycles. The van der Waals surface area contributed by atoms with Gasteiger partial charge in [0.1, 0.15) is 0 Å². The molecule has 7 nitrogen and oxygen atoms in total. The molecule has 3 aromatic rings. The van der Waals surface area contributed by atoms with E-state index in [1.807, 2.05) is 42.5 Å². The van der Waals surface area contributed by atoms with Crippen molar-refractivity contribution in [2.24, 2.45) is 0 Å². The Hall–Kier alpha value is -3.78. The van der Waals surface area contributed by atoms with Gasteiger partial charge in [0, 0.05) is 0 Å². The molecule has 0 aliphatic carbocycles. The Morgan fingerprint density at radius 2 is 1.81 bits per heavy atom. The van der Waals surface area contributed by atoms with Gasteiger partial charge in [-0.1, -0.05) is 42.5 Å². The standard InChI is InChI=1S/C24H19NO6S/c1-30-20-11-15(7-9-19(20)31-14-22(26)27)12-21-23(28)25(24(29)32-21)13-16-6-8-17-4-2-3-5-18(17)10-16/h2-12H,13-14H2,1H3,(H,26,27)/b21-12-. The van der Waals surface area contributed by atoms with Crippen molar-refractivity contribution in [3.8, 4) is 11.5 Å². The molecule has 4 rings (SSSR count). The number of rotatable bonds is 7. The average Bonchev–Trinajstić information content (AvgIpc) is 3.05. The number of benzene rings is 3. The van der Waals surface area contributed by atoms with Crippen LogP contribution in [0.2, 0.25) is 0 Å². The van der Waals surface area contributed by atoms with Crippen LogP contribution in [-0.2, 0) is 16.1 Å². The van der Waals surface area contributed by atoms with Crippen LogP contribution in [0.3, 0.4) is 0 Å².